The predicted octanol–water partition coefficient (Wildman–Crippen LogP) is 0.750. The highest BCUT2D eigenvalue weighted by molar-refractivity contribution is 5.75. The molecule has 0 radical (unpaired) electrons. The van der Waals surface area contributed by atoms with Gasteiger partial charge in [-0.1, -0.05) is 0 Å². The zero-order valence-electron chi connectivity index (χ0n) is 13.0. The van der Waals surface area contributed by atoms with E-state index in [1.807, 2.05) is 0 Å². The summed E-state index contributed by atoms with van der Waals surface area (Å²) >= 11 is 0. The number of halogens is 3. The fraction of sp³-hybridized carbons (Fsp3) is 0.357. The molecule has 0 unspecified atom stereocenters. The number of hydrogen-bond donors (Lipinski definition) is 1. The number of carbonyl (C=O) groups excluding carboxylic acids is 1. The molecule has 1 amide bonds. The van der Waals surface area contributed by atoms with Gasteiger partial charge in [0.25, 0.3) is 0 Å². The summed E-state index contributed by atoms with van der Waals surface area (Å²) in [4.78, 5) is 24.0. The minimum atomic E-state index is -4.53. The van der Waals surface area contributed by atoms with Gasteiger partial charge in [-0.3, -0.25) is 4.79 Å². The number of alkyl halides is 3. The van der Waals surface area contributed by atoms with Crippen molar-refractivity contribution in [3.05, 3.63) is 34.5 Å². The van der Waals surface area contributed by atoms with E-state index in [2.05, 4.69) is 5.10 Å². The average Bonchev–Trinajstić information content (AvgIpc) is 3.09. The number of benzene rings is 1. The molecular formula is C14H13F3N4O4. The average molecular weight is 358 g/mol. The summed E-state index contributed by atoms with van der Waals surface area (Å²) < 4.78 is 48.8. The number of fused-ring (bicyclic) bond motifs is 1. The Morgan fingerprint density at radius 1 is 1.32 bits per heavy atom. The van der Waals surface area contributed by atoms with E-state index in [0.29, 0.717) is 17.2 Å². The van der Waals surface area contributed by atoms with Crippen LogP contribution in [0.4, 0.5) is 13.2 Å². The van der Waals surface area contributed by atoms with E-state index in [-0.39, 0.29) is 12.6 Å². The van der Waals surface area contributed by atoms with Crippen LogP contribution >= 0.6 is 0 Å². The molecule has 0 saturated carbocycles. The van der Waals surface area contributed by atoms with E-state index in [1.54, 1.807) is 23.5 Å². The van der Waals surface area contributed by atoms with Gasteiger partial charge in [0.1, 0.15) is 18.9 Å². The lowest BCUT2D eigenvalue weighted by Crippen LogP contribution is -2.38. The number of aromatic nitrogens is 3. The SMILES string of the molecule is Cc1nn(CC(=O)NCC(F)(F)F)c(=O)n1-c1ccc2c(c1)OCO2. The number of nitrogens with zero attached hydrogens (tertiary/aromatic N) is 3. The van der Waals surface area contributed by atoms with Crippen LogP contribution in [0.25, 0.3) is 5.69 Å². The Labute approximate surface area is 138 Å². The first-order valence-corrected chi connectivity index (χ1v) is 7.14. The summed E-state index contributed by atoms with van der Waals surface area (Å²) in [5, 5.41) is 5.61. The number of carbonyl (C=O) groups is 1. The molecule has 2 heterocycles. The molecule has 1 aromatic carbocycles. The highest BCUT2D eigenvalue weighted by Crippen LogP contribution is 2.33. The van der Waals surface area contributed by atoms with E-state index in [4.69, 9.17) is 9.47 Å². The Hall–Kier alpha value is -2.98. The van der Waals surface area contributed by atoms with E-state index in [0.717, 1.165) is 4.68 Å². The molecule has 1 aromatic heterocycles. The highest BCUT2D eigenvalue weighted by atomic mass is 19.4. The third kappa shape index (κ3) is 3.59. The van der Waals surface area contributed by atoms with Crippen molar-refractivity contribution in [1.82, 2.24) is 19.7 Å². The van der Waals surface area contributed by atoms with Gasteiger partial charge in [0, 0.05) is 6.07 Å². The van der Waals surface area contributed by atoms with Gasteiger partial charge in [0.15, 0.2) is 11.5 Å². The van der Waals surface area contributed by atoms with Crippen molar-refractivity contribution in [3.63, 3.8) is 0 Å². The summed E-state index contributed by atoms with van der Waals surface area (Å²) in [5.41, 5.74) is -0.216. The fourth-order valence-corrected chi connectivity index (χ4v) is 2.33. The zero-order valence-corrected chi connectivity index (χ0v) is 13.0. The summed E-state index contributed by atoms with van der Waals surface area (Å²) in [7, 11) is 0. The summed E-state index contributed by atoms with van der Waals surface area (Å²) in [6, 6.07) is 4.81. The molecule has 134 valence electrons. The Kier molecular flexibility index (Phi) is 4.15. The molecule has 1 aliphatic heterocycles. The van der Waals surface area contributed by atoms with Gasteiger partial charge in [-0.15, -0.1) is 0 Å². The standard InChI is InChI=1S/C14H13F3N4O4/c1-8-19-20(5-12(22)18-6-14(15,16)17)13(23)21(8)9-2-3-10-11(4-9)25-7-24-10/h2-4H,5-7H2,1H3,(H,18,22). The monoisotopic (exact) mass is 358 g/mol. The minimum Gasteiger partial charge on any atom is -0.454 e. The Balaban J connectivity index is 1.82. The highest BCUT2D eigenvalue weighted by Gasteiger charge is 2.28. The Morgan fingerprint density at radius 2 is 2.04 bits per heavy atom. The van der Waals surface area contributed by atoms with Gasteiger partial charge < -0.3 is 14.8 Å². The third-order valence-electron chi connectivity index (χ3n) is 3.39. The first-order chi connectivity index (χ1) is 11.7. The first kappa shape index (κ1) is 16.9. The van der Waals surface area contributed by atoms with Crippen molar-refractivity contribution in [2.24, 2.45) is 0 Å². The van der Waals surface area contributed by atoms with Gasteiger partial charge in [-0.05, 0) is 19.1 Å². The van der Waals surface area contributed by atoms with Gasteiger partial charge in [-0.2, -0.15) is 18.3 Å². The van der Waals surface area contributed by atoms with Crippen LogP contribution in [0, 0.1) is 6.92 Å². The second kappa shape index (κ2) is 6.15. The minimum absolute atomic E-state index is 0.0747. The number of hydrogen-bond acceptors (Lipinski definition) is 5. The van der Waals surface area contributed by atoms with E-state index >= 15 is 0 Å². The van der Waals surface area contributed by atoms with Crippen molar-refractivity contribution in [1.29, 1.82) is 0 Å². The van der Waals surface area contributed by atoms with Crippen LogP contribution in [0.1, 0.15) is 5.82 Å². The number of amides is 1. The van der Waals surface area contributed by atoms with Gasteiger partial charge in [0.05, 0.1) is 5.69 Å². The molecular weight excluding hydrogens is 345 g/mol. The number of rotatable bonds is 4. The van der Waals surface area contributed by atoms with Gasteiger partial charge in [0.2, 0.25) is 12.7 Å². The lowest BCUT2D eigenvalue weighted by molar-refractivity contribution is -0.138. The molecule has 1 N–H and O–H groups in total. The molecule has 3 rings (SSSR count). The molecule has 0 aliphatic carbocycles. The van der Waals surface area contributed by atoms with E-state index in [9.17, 15) is 22.8 Å². The topological polar surface area (TPSA) is 87.4 Å². The molecule has 2 aromatic rings. The van der Waals surface area contributed by atoms with Crippen LogP contribution < -0.4 is 20.5 Å². The molecule has 0 fully saturated rings. The van der Waals surface area contributed by atoms with Crippen molar-refractivity contribution in [2.75, 3.05) is 13.3 Å². The van der Waals surface area contributed by atoms with Crippen molar-refractivity contribution < 1.29 is 27.4 Å². The largest absolute Gasteiger partial charge is 0.454 e. The van der Waals surface area contributed by atoms with Crippen LogP contribution in [0.3, 0.4) is 0 Å². The second-order valence-corrected chi connectivity index (χ2v) is 5.25. The molecule has 11 heteroatoms. The normalized spacial score (nSPS) is 13.1. The van der Waals surface area contributed by atoms with E-state index < -0.39 is 30.9 Å². The number of aryl methyl sites for hydroxylation is 1. The molecule has 8 nitrogen and oxygen atoms in total. The third-order valence-corrected chi connectivity index (χ3v) is 3.39. The molecule has 1 aliphatic rings. The maximum Gasteiger partial charge on any atom is 0.405 e. The van der Waals surface area contributed by atoms with Crippen LogP contribution in [0.15, 0.2) is 23.0 Å². The maximum absolute atomic E-state index is 12.4. The fourth-order valence-electron chi connectivity index (χ4n) is 2.33. The van der Waals surface area contributed by atoms with Crippen LogP contribution in [0.2, 0.25) is 0 Å². The van der Waals surface area contributed by atoms with Crippen LogP contribution in [-0.2, 0) is 11.3 Å². The maximum atomic E-state index is 12.4. The summed E-state index contributed by atoms with van der Waals surface area (Å²) in [6.45, 7) is -0.475. The van der Waals surface area contributed by atoms with Crippen molar-refractivity contribution in [3.8, 4) is 17.2 Å². The summed E-state index contributed by atoms with van der Waals surface area (Å²) in [6.07, 6.45) is -4.53. The molecule has 0 atom stereocenters. The summed E-state index contributed by atoms with van der Waals surface area (Å²) in [5.74, 6) is 0.301. The Bertz CT molecular complexity index is 872. The van der Waals surface area contributed by atoms with Crippen LogP contribution in [-0.4, -0.2) is 39.8 Å². The Morgan fingerprint density at radius 3 is 2.76 bits per heavy atom. The first-order valence-electron chi connectivity index (χ1n) is 7.14. The van der Waals surface area contributed by atoms with Gasteiger partial charge >= 0.3 is 11.9 Å². The number of nitrogens with one attached hydrogen (secondary N) is 1. The molecule has 25 heavy (non-hydrogen) atoms. The van der Waals surface area contributed by atoms with Crippen molar-refractivity contribution in [2.45, 2.75) is 19.6 Å². The lowest BCUT2D eigenvalue weighted by atomic mass is 10.2. The predicted molar refractivity (Wildman–Crippen MR) is 77.7 cm³/mol. The van der Waals surface area contributed by atoms with Gasteiger partial charge in [-0.25, -0.2) is 14.0 Å². The molecule has 0 spiro atoms. The number of ether oxygens (including phenoxy) is 2. The zero-order chi connectivity index (χ0) is 18.2. The smallest absolute Gasteiger partial charge is 0.405 e. The molecule has 0 saturated heterocycles. The van der Waals surface area contributed by atoms with Crippen LogP contribution in [0.5, 0.6) is 11.5 Å². The van der Waals surface area contributed by atoms with E-state index in [1.165, 1.54) is 11.5 Å². The van der Waals surface area contributed by atoms with Crippen molar-refractivity contribution >= 4 is 5.91 Å². The quantitative estimate of drug-likeness (QED) is 0.872. The lowest BCUT2D eigenvalue weighted by Gasteiger charge is -2.07. The molecule has 0 bridgehead atoms. The second-order valence-electron chi connectivity index (χ2n) is 5.25.